The first kappa shape index (κ1) is 13.5. The third-order valence-corrected chi connectivity index (χ3v) is 4.26. The summed E-state index contributed by atoms with van der Waals surface area (Å²) in [7, 11) is 0. The second kappa shape index (κ2) is 5.25. The van der Waals surface area contributed by atoms with Gasteiger partial charge in [-0.2, -0.15) is 5.10 Å². The highest BCUT2D eigenvalue weighted by Gasteiger charge is 2.21. The lowest BCUT2D eigenvalue weighted by atomic mass is 10.1. The number of anilines is 1. The first-order chi connectivity index (χ1) is 10.7. The minimum atomic E-state index is 0.342. The van der Waals surface area contributed by atoms with Crippen LogP contribution in [0.5, 0.6) is 0 Å². The summed E-state index contributed by atoms with van der Waals surface area (Å²) in [5, 5.41) is 9.87. The molecule has 0 spiro atoms. The molecule has 0 bridgehead atoms. The van der Waals surface area contributed by atoms with E-state index < -0.39 is 0 Å². The first-order valence-electron chi connectivity index (χ1n) is 7.40. The van der Waals surface area contributed by atoms with Crippen LogP contribution in [0.3, 0.4) is 0 Å². The van der Waals surface area contributed by atoms with Crippen LogP contribution in [-0.2, 0) is 13.0 Å². The van der Waals surface area contributed by atoms with Crippen molar-refractivity contribution in [1.29, 1.82) is 0 Å². The van der Waals surface area contributed by atoms with Crippen molar-refractivity contribution in [2.24, 2.45) is 0 Å². The standard InChI is InChI=1S/C16H16ClN5/c1-10-19-16-5-3-12(9-22(16)21-10)20-14-6-7-18-15-8-11(17)2-4-13(14)15/h2,4,6-8,12H,3,5,9H2,1H3,(H,18,20)/t12-/m0/s1. The topological polar surface area (TPSA) is 55.6 Å². The zero-order valence-electron chi connectivity index (χ0n) is 12.3. The number of nitrogens with zero attached hydrogens (tertiary/aromatic N) is 4. The molecular formula is C16H16ClN5. The highest BCUT2D eigenvalue weighted by molar-refractivity contribution is 6.31. The first-order valence-corrected chi connectivity index (χ1v) is 7.78. The van der Waals surface area contributed by atoms with Crippen LogP contribution < -0.4 is 5.32 Å². The summed E-state index contributed by atoms with van der Waals surface area (Å²) in [6.45, 7) is 2.78. The van der Waals surface area contributed by atoms with Crippen molar-refractivity contribution < 1.29 is 0 Å². The van der Waals surface area contributed by atoms with E-state index in [0.29, 0.717) is 11.1 Å². The highest BCUT2D eigenvalue weighted by Crippen LogP contribution is 2.26. The number of benzene rings is 1. The van der Waals surface area contributed by atoms with Gasteiger partial charge in [0.1, 0.15) is 11.6 Å². The third-order valence-electron chi connectivity index (χ3n) is 4.03. The number of hydrogen-bond acceptors (Lipinski definition) is 4. The molecule has 4 rings (SSSR count). The van der Waals surface area contributed by atoms with Crippen molar-refractivity contribution in [1.82, 2.24) is 19.7 Å². The van der Waals surface area contributed by atoms with E-state index in [9.17, 15) is 0 Å². The van der Waals surface area contributed by atoms with Crippen molar-refractivity contribution >= 4 is 28.2 Å². The number of rotatable bonds is 2. The Kier molecular flexibility index (Phi) is 3.22. The Morgan fingerprint density at radius 2 is 2.23 bits per heavy atom. The molecule has 1 aliphatic heterocycles. The molecule has 22 heavy (non-hydrogen) atoms. The number of nitrogens with one attached hydrogen (secondary N) is 1. The number of aromatic nitrogens is 4. The number of hydrogen-bond donors (Lipinski definition) is 1. The van der Waals surface area contributed by atoms with Gasteiger partial charge in [-0.05, 0) is 37.6 Å². The molecule has 1 aromatic carbocycles. The maximum absolute atomic E-state index is 6.04. The second-order valence-electron chi connectivity index (χ2n) is 5.66. The van der Waals surface area contributed by atoms with Gasteiger partial charge in [0.05, 0.1) is 12.1 Å². The lowest BCUT2D eigenvalue weighted by Gasteiger charge is -2.25. The van der Waals surface area contributed by atoms with Gasteiger partial charge in [0.2, 0.25) is 0 Å². The minimum Gasteiger partial charge on any atom is -0.380 e. The molecule has 0 radical (unpaired) electrons. The Hall–Kier alpha value is -2.14. The van der Waals surface area contributed by atoms with Crippen molar-refractivity contribution in [3.05, 3.63) is 47.1 Å². The monoisotopic (exact) mass is 313 g/mol. The predicted octanol–water partition coefficient (Wildman–Crippen LogP) is 3.22. The number of halogens is 1. The van der Waals surface area contributed by atoms with E-state index in [2.05, 4.69) is 20.4 Å². The van der Waals surface area contributed by atoms with E-state index in [1.807, 2.05) is 42.1 Å². The second-order valence-corrected chi connectivity index (χ2v) is 6.09. The van der Waals surface area contributed by atoms with Crippen LogP contribution in [0.25, 0.3) is 10.9 Å². The molecule has 5 nitrogen and oxygen atoms in total. The van der Waals surface area contributed by atoms with E-state index >= 15 is 0 Å². The van der Waals surface area contributed by atoms with Gasteiger partial charge in [0.15, 0.2) is 0 Å². The van der Waals surface area contributed by atoms with Crippen LogP contribution in [0.15, 0.2) is 30.5 Å². The maximum atomic E-state index is 6.04. The Labute approximate surface area is 133 Å². The quantitative estimate of drug-likeness (QED) is 0.789. The normalized spacial score (nSPS) is 17.5. The van der Waals surface area contributed by atoms with Crippen LogP contribution in [0.2, 0.25) is 5.02 Å². The molecule has 0 saturated heterocycles. The molecule has 112 valence electrons. The van der Waals surface area contributed by atoms with Gasteiger partial charge in [0.25, 0.3) is 0 Å². The Balaban J connectivity index is 1.62. The van der Waals surface area contributed by atoms with Crippen LogP contribution in [-0.4, -0.2) is 25.8 Å². The lowest BCUT2D eigenvalue weighted by Crippen LogP contribution is -2.32. The van der Waals surface area contributed by atoms with Crippen LogP contribution >= 0.6 is 11.6 Å². The molecule has 3 heterocycles. The Bertz CT molecular complexity index is 842. The van der Waals surface area contributed by atoms with Crippen LogP contribution in [0, 0.1) is 6.92 Å². The van der Waals surface area contributed by atoms with Gasteiger partial charge in [0, 0.05) is 34.8 Å². The summed E-state index contributed by atoms with van der Waals surface area (Å²) in [6.07, 6.45) is 3.82. The van der Waals surface area contributed by atoms with Gasteiger partial charge in [-0.25, -0.2) is 9.67 Å². The van der Waals surface area contributed by atoms with E-state index in [4.69, 9.17) is 11.6 Å². The molecule has 6 heteroatoms. The Morgan fingerprint density at radius 1 is 1.32 bits per heavy atom. The zero-order chi connectivity index (χ0) is 15.1. The average Bonchev–Trinajstić information content (AvgIpc) is 2.86. The van der Waals surface area contributed by atoms with Crippen molar-refractivity contribution in [3.8, 4) is 0 Å². The smallest absolute Gasteiger partial charge is 0.147 e. The number of fused-ring (bicyclic) bond motifs is 2. The molecule has 1 N–H and O–H groups in total. The molecule has 2 aromatic heterocycles. The summed E-state index contributed by atoms with van der Waals surface area (Å²) in [4.78, 5) is 8.83. The fourth-order valence-electron chi connectivity index (χ4n) is 3.02. The molecule has 0 fully saturated rings. The lowest BCUT2D eigenvalue weighted by molar-refractivity contribution is 0.441. The maximum Gasteiger partial charge on any atom is 0.147 e. The number of aryl methyl sites for hydroxylation is 2. The number of pyridine rings is 1. The van der Waals surface area contributed by atoms with E-state index in [1.54, 1.807) is 0 Å². The summed E-state index contributed by atoms with van der Waals surface area (Å²) in [5.41, 5.74) is 2.00. The summed E-state index contributed by atoms with van der Waals surface area (Å²) < 4.78 is 2.01. The van der Waals surface area contributed by atoms with Gasteiger partial charge in [-0.1, -0.05) is 11.6 Å². The van der Waals surface area contributed by atoms with Crippen molar-refractivity contribution in [3.63, 3.8) is 0 Å². The molecule has 1 aliphatic rings. The fourth-order valence-corrected chi connectivity index (χ4v) is 3.18. The summed E-state index contributed by atoms with van der Waals surface area (Å²) >= 11 is 6.04. The molecule has 0 unspecified atom stereocenters. The predicted molar refractivity (Wildman–Crippen MR) is 87.2 cm³/mol. The van der Waals surface area contributed by atoms with Gasteiger partial charge >= 0.3 is 0 Å². The van der Waals surface area contributed by atoms with Crippen LogP contribution in [0.1, 0.15) is 18.1 Å². The molecule has 1 atom stereocenters. The van der Waals surface area contributed by atoms with E-state index in [1.165, 1.54) is 0 Å². The average molecular weight is 314 g/mol. The van der Waals surface area contributed by atoms with E-state index in [0.717, 1.165) is 47.6 Å². The molecule has 3 aromatic rings. The molecule has 0 aliphatic carbocycles. The summed E-state index contributed by atoms with van der Waals surface area (Å²) in [6, 6.07) is 8.16. The molecule has 0 amide bonds. The van der Waals surface area contributed by atoms with E-state index in [-0.39, 0.29) is 0 Å². The van der Waals surface area contributed by atoms with Gasteiger partial charge in [-0.15, -0.1) is 0 Å². The van der Waals surface area contributed by atoms with Gasteiger partial charge in [-0.3, -0.25) is 4.98 Å². The highest BCUT2D eigenvalue weighted by atomic mass is 35.5. The largest absolute Gasteiger partial charge is 0.380 e. The third kappa shape index (κ3) is 2.41. The SMILES string of the molecule is Cc1nc2n(n1)C[C@@H](Nc1ccnc3cc(Cl)ccc13)CC2. The zero-order valence-corrected chi connectivity index (χ0v) is 13.0. The molecular weight excluding hydrogens is 298 g/mol. The summed E-state index contributed by atoms with van der Waals surface area (Å²) in [5.74, 6) is 1.93. The fraction of sp³-hybridized carbons (Fsp3) is 0.312. The minimum absolute atomic E-state index is 0.342. The molecule has 0 saturated carbocycles. The van der Waals surface area contributed by atoms with Crippen molar-refractivity contribution in [2.45, 2.75) is 32.4 Å². The Morgan fingerprint density at radius 3 is 3.14 bits per heavy atom. The van der Waals surface area contributed by atoms with Crippen molar-refractivity contribution in [2.75, 3.05) is 5.32 Å². The van der Waals surface area contributed by atoms with Crippen LogP contribution in [0.4, 0.5) is 5.69 Å². The van der Waals surface area contributed by atoms with Gasteiger partial charge < -0.3 is 5.32 Å².